The molecule has 0 atom stereocenters. The Balaban J connectivity index is 1.57. The van der Waals surface area contributed by atoms with Crippen LogP contribution in [0.15, 0.2) is 12.1 Å². The van der Waals surface area contributed by atoms with Gasteiger partial charge in [0.05, 0.1) is 19.8 Å². The van der Waals surface area contributed by atoms with E-state index in [-0.39, 0.29) is 28.9 Å². The van der Waals surface area contributed by atoms with E-state index in [2.05, 4.69) is 19.9 Å². The van der Waals surface area contributed by atoms with Crippen LogP contribution in [-0.2, 0) is 11.3 Å². The number of hydrogen-bond donors (Lipinski definition) is 2. The summed E-state index contributed by atoms with van der Waals surface area (Å²) in [6.07, 6.45) is 2.66. The first-order chi connectivity index (χ1) is 17.4. The van der Waals surface area contributed by atoms with Gasteiger partial charge in [0.2, 0.25) is 5.88 Å². The lowest BCUT2D eigenvalue weighted by Gasteiger charge is -2.31. The number of nitrogens with zero attached hydrogens (tertiary/aromatic N) is 2. The third-order valence-corrected chi connectivity index (χ3v) is 6.69. The number of esters is 1. The maximum Gasteiger partial charge on any atom is 0.346 e. The van der Waals surface area contributed by atoms with E-state index in [4.69, 9.17) is 14.2 Å². The van der Waals surface area contributed by atoms with Gasteiger partial charge < -0.3 is 24.4 Å². The molecule has 0 radical (unpaired) electrons. The van der Waals surface area contributed by atoms with E-state index in [0.29, 0.717) is 19.0 Å². The van der Waals surface area contributed by atoms with Gasteiger partial charge in [-0.3, -0.25) is 5.32 Å². The summed E-state index contributed by atoms with van der Waals surface area (Å²) in [5.41, 5.74) is -0.567. The monoisotopic (exact) mass is 530 g/mol. The number of carbonyl (C=O) groups excluding carboxylic acids is 2. The predicted molar refractivity (Wildman–Crippen MR) is 127 cm³/mol. The Kier molecular flexibility index (Phi) is 10.2. The number of aromatic nitrogens is 1. The molecule has 36 heavy (non-hydrogen) atoms. The molecule has 0 aliphatic carbocycles. The Morgan fingerprint density at radius 2 is 1.97 bits per heavy atom. The summed E-state index contributed by atoms with van der Waals surface area (Å²) < 4.78 is 60.0. The lowest BCUT2D eigenvalue weighted by molar-refractivity contribution is 0.0596. The molecule has 2 amide bonds. The molecule has 2 N–H and O–H groups in total. The molecule has 13 heteroatoms. The number of amides is 2. The highest BCUT2D eigenvalue weighted by atomic mass is 32.1. The fraction of sp³-hybridized carbons (Fsp3) is 0.522. The minimum absolute atomic E-state index is 0.0699. The molecule has 9 nitrogen and oxygen atoms in total. The minimum atomic E-state index is -0.932. The number of halogens is 3. The average molecular weight is 531 g/mol. The third-order valence-electron chi connectivity index (χ3n) is 5.95. The second-order valence-electron chi connectivity index (χ2n) is 8.16. The number of alkyl halides is 1. The molecule has 3 rings (SSSR count). The van der Waals surface area contributed by atoms with Gasteiger partial charge in [-0.05, 0) is 61.9 Å². The number of urea groups is 1. The van der Waals surface area contributed by atoms with E-state index in [9.17, 15) is 22.8 Å². The number of nitrogens with one attached hydrogen (secondary N) is 2. The number of likely N-dealkylation sites (tertiary alicyclic amines) is 1. The Hall–Kier alpha value is -3.06. The molecule has 1 aromatic heterocycles. The van der Waals surface area contributed by atoms with Crippen molar-refractivity contribution < 1.29 is 37.0 Å². The molecular formula is C23H29F3N4O5S. The summed E-state index contributed by atoms with van der Waals surface area (Å²) in [5.74, 6) is -2.57. The van der Waals surface area contributed by atoms with Crippen molar-refractivity contribution >= 4 is 28.5 Å². The summed E-state index contributed by atoms with van der Waals surface area (Å²) in [5, 5.41) is 5.37. The van der Waals surface area contributed by atoms with Crippen LogP contribution in [0.2, 0.25) is 0 Å². The number of ether oxygens (including phenoxy) is 3. The number of carbonyl (C=O) groups is 2. The highest BCUT2D eigenvalue weighted by Gasteiger charge is 2.26. The second kappa shape index (κ2) is 13.3. The fourth-order valence-corrected chi connectivity index (χ4v) is 4.62. The van der Waals surface area contributed by atoms with Gasteiger partial charge in [0.1, 0.15) is 24.1 Å². The SMILES string of the molecule is COC(=O)c1c(OCc2c(F)ccc(OC)c2F)nsc1NC(=O)NCCC1CCN(CCF)CC1. The van der Waals surface area contributed by atoms with Crippen molar-refractivity contribution in [1.29, 1.82) is 0 Å². The van der Waals surface area contributed by atoms with Crippen molar-refractivity contribution in [3.05, 3.63) is 34.9 Å². The number of piperidine rings is 1. The highest BCUT2D eigenvalue weighted by Crippen LogP contribution is 2.33. The number of hydrogen-bond acceptors (Lipinski definition) is 8. The molecule has 198 valence electrons. The zero-order valence-corrected chi connectivity index (χ0v) is 20.9. The Bertz CT molecular complexity index is 1050. The number of benzene rings is 1. The number of methoxy groups -OCH3 is 2. The van der Waals surface area contributed by atoms with Crippen LogP contribution in [0.4, 0.5) is 23.0 Å². The third kappa shape index (κ3) is 7.00. The van der Waals surface area contributed by atoms with Crippen LogP contribution in [0.3, 0.4) is 0 Å². The first-order valence-electron chi connectivity index (χ1n) is 11.4. The van der Waals surface area contributed by atoms with Crippen LogP contribution in [-0.4, -0.2) is 68.3 Å². The molecule has 1 aromatic carbocycles. The van der Waals surface area contributed by atoms with E-state index < -0.39 is 35.8 Å². The molecule has 0 saturated carbocycles. The van der Waals surface area contributed by atoms with E-state index in [1.165, 1.54) is 7.11 Å². The molecule has 0 spiro atoms. The van der Waals surface area contributed by atoms with E-state index >= 15 is 0 Å². The van der Waals surface area contributed by atoms with Gasteiger partial charge in [-0.2, -0.15) is 4.37 Å². The van der Waals surface area contributed by atoms with Crippen LogP contribution < -0.4 is 20.1 Å². The molecule has 1 fully saturated rings. The maximum atomic E-state index is 14.4. The lowest BCUT2D eigenvalue weighted by Crippen LogP contribution is -2.37. The molecular weight excluding hydrogens is 501 g/mol. The Labute approximate surface area is 211 Å². The molecule has 0 bridgehead atoms. The first kappa shape index (κ1) is 27.5. The van der Waals surface area contributed by atoms with E-state index in [0.717, 1.165) is 63.1 Å². The van der Waals surface area contributed by atoms with E-state index in [1.54, 1.807) is 0 Å². The molecule has 2 heterocycles. The van der Waals surface area contributed by atoms with E-state index in [1.807, 2.05) is 0 Å². The largest absolute Gasteiger partial charge is 0.494 e. The van der Waals surface area contributed by atoms with Gasteiger partial charge in [0.25, 0.3) is 0 Å². The average Bonchev–Trinajstić information content (AvgIpc) is 3.26. The Morgan fingerprint density at radius 1 is 1.22 bits per heavy atom. The van der Waals surface area contributed by atoms with Crippen molar-refractivity contribution in [2.24, 2.45) is 5.92 Å². The van der Waals surface area contributed by atoms with Crippen molar-refractivity contribution in [2.75, 3.05) is 52.4 Å². The standard InChI is InChI=1S/C23H29F3N4O5S/c1-33-17-4-3-16(25)15(19(17)26)13-35-20-18(22(31)34-2)21(36-29-20)28-23(32)27-9-5-14-6-10-30(11-7-14)12-8-24/h3-4,14H,5-13H2,1-2H3,(H2,27,28,32). The smallest absolute Gasteiger partial charge is 0.346 e. The lowest BCUT2D eigenvalue weighted by atomic mass is 9.93. The zero-order chi connectivity index (χ0) is 26.1. The van der Waals surface area contributed by atoms with Crippen LogP contribution in [0, 0.1) is 17.6 Å². The first-order valence-corrected chi connectivity index (χ1v) is 12.2. The van der Waals surface area contributed by atoms with Gasteiger partial charge in [-0.15, -0.1) is 0 Å². The van der Waals surface area contributed by atoms with Crippen molar-refractivity contribution in [2.45, 2.75) is 25.9 Å². The van der Waals surface area contributed by atoms with Gasteiger partial charge in [-0.25, -0.2) is 22.8 Å². The zero-order valence-electron chi connectivity index (χ0n) is 20.1. The topological polar surface area (TPSA) is 102 Å². The quantitative estimate of drug-likeness (QED) is 0.424. The summed E-state index contributed by atoms with van der Waals surface area (Å²) >= 11 is 0.770. The normalized spacial score (nSPS) is 14.4. The van der Waals surface area contributed by atoms with Crippen LogP contribution in [0.1, 0.15) is 35.2 Å². The van der Waals surface area contributed by atoms with Crippen molar-refractivity contribution in [3.63, 3.8) is 0 Å². The number of anilines is 1. The summed E-state index contributed by atoms with van der Waals surface area (Å²) in [6, 6.07) is 1.64. The maximum absolute atomic E-state index is 14.4. The molecule has 1 aliphatic heterocycles. The predicted octanol–water partition coefficient (Wildman–Crippen LogP) is 3.99. The van der Waals surface area contributed by atoms with Crippen LogP contribution in [0.25, 0.3) is 0 Å². The van der Waals surface area contributed by atoms with Gasteiger partial charge in [0.15, 0.2) is 17.1 Å². The number of rotatable bonds is 11. The van der Waals surface area contributed by atoms with Gasteiger partial charge in [0, 0.05) is 13.1 Å². The van der Waals surface area contributed by atoms with Gasteiger partial charge >= 0.3 is 12.0 Å². The van der Waals surface area contributed by atoms with Crippen LogP contribution in [0.5, 0.6) is 11.6 Å². The minimum Gasteiger partial charge on any atom is -0.494 e. The summed E-state index contributed by atoms with van der Waals surface area (Å²) in [4.78, 5) is 26.8. The second-order valence-corrected chi connectivity index (χ2v) is 8.93. The molecule has 1 saturated heterocycles. The Morgan fingerprint density at radius 3 is 2.64 bits per heavy atom. The molecule has 0 unspecified atom stereocenters. The van der Waals surface area contributed by atoms with Gasteiger partial charge in [-0.1, -0.05) is 0 Å². The van der Waals surface area contributed by atoms with Crippen molar-refractivity contribution in [3.8, 4) is 11.6 Å². The summed E-state index contributed by atoms with van der Waals surface area (Å²) in [6.45, 7) is 1.65. The highest BCUT2D eigenvalue weighted by molar-refractivity contribution is 7.11. The molecule has 2 aromatic rings. The van der Waals surface area contributed by atoms with Crippen molar-refractivity contribution in [1.82, 2.24) is 14.6 Å². The van der Waals surface area contributed by atoms with Crippen LogP contribution >= 0.6 is 11.5 Å². The molecule has 1 aliphatic rings. The fourth-order valence-electron chi connectivity index (χ4n) is 3.90. The summed E-state index contributed by atoms with van der Waals surface area (Å²) in [7, 11) is 2.39.